The van der Waals surface area contributed by atoms with E-state index in [9.17, 15) is 9.90 Å². The lowest BCUT2D eigenvalue weighted by Gasteiger charge is -2.15. The van der Waals surface area contributed by atoms with E-state index in [1.165, 1.54) is 0 Å². The summed E-state index contributed by atoms with van der Waals surface area (Å²) in [5.74, 6) is 0.0702. The summed E-state index contributed by atoms with van der Waals surface area (Å²) in [7, 11) is 0. The van der Waals surface area contributed by atoms with Gasteiger partial charge < -0.3 is 14.6 Å². The summed E-state index contributed by atoms with van der Waals surface area (Å²) in [5, 5.41) is 9.42. The molecule has 1 aromatic rings. The molecule has 1 aromatic carbocycles. The Balaban J connectivity index is 2.34. The lowest BCUT2D eigenvalue weighted by molar-refractivity contribution is -0.130. The van der Waals surface area contributed by atoms with E-state index in [4.69, 9.17) is 9.47 Å². The van der Waals surface area contributed by atoms with Gasteiger partial charge in [-0.2, -0.15) is 0 Å². The fourth-order valence-electron chi connectivity index (χ4n) is 1.81. The van der Waals surface area contributed by atoms with Crippen molar-refractivity contribution in [1.29, 1.82) is 0 Å². The van der Waals surface area contributed by atoms with Crippen LogP contribution in [0.4, 0.5) is 0 Å². The topological polar surface area (TPSA) is 59.1 Å². The van der Waals surface area contributed by atoms with Crippen LogP contribution < -0.4 is 4.74 Å². The number of carbonyl (C=O) groups is 1. The molecule has 1 unspecified atom stereocenters. The molecule has 0 aliphatic carbocycles. The van der Waals surface area contributed by atoms with Gasteiger partial charge in [0.05, 0.1) is 13.2 Å². The molecule has 0 saturated carbocycles. The summed E-state index contributed by atoms with van der Waals surface area (Å²) in [5.41, 5.74) is 1.55. The quantitative estimate of drug-likeness (QED) is 0.390. The number of esters is 1. The third-order valence-electron chi connectivity index (χ3n) is 3.33. The normalized spacial score (nSPS) is 22.2. The molecule has 0 aromatic heterocycles. The minimum atomic E-state index is -0.701. The minimum absolute atomic E-state index is 0.122. The molecule has 0 amide bonds. The van der Waals surface area contributed by atoms with E-state index in [1.54, 1.807) is 26.0 Å². The molecule has 102 valence electrons. The van der Waals surface area contributed by atoms with Crippen molar-refractivity contribution >= 4 is 5.97 Å². The number of epoxide rings is 1. The molecule has 1 fully saturated rings. The van der Waals surface area contributed by atoms with Gasteiger partial charge in [-0.3, -0.25) is 0 Å². The van der Waals surface area contributed by atoms with Crippen LogP contribution in [0.1, 0.15) is 25.0 Å². The number of hydrogen-bond acceptors (Lipinski definition) is 4. The maximum absolute atomic E-state index is 11.8. The van der Waals surface area contributed by atoms with Crippen LogP contribution in [0.25, 0.3) is 0 Å². The highest BCUT2D eigenvalue weighted by molar-refractivity contribution is 5.89. The summed E-state index contributed by atoms with van der Waals surface area (Å²) in [6, 6.07) is 5.54. The number of aliphatic hydroxyl groups is 1. The van der Waals surface area contributed by atoms with Gasteiger partial charge in [-0.05, 0) is 32.4 Å². The van der Waals surface area contributed by atoms with E-state index in [0.717, 1.165) is 11.1 Å². The molecule has 0 radical (unpaired) electrons. The van der Waals surface area contributed by atoms with Crippen LogP contribution in [-0.2, 0) is 15.1 Å². The fourth-order valence-corrected chi connectivity index (χ4v) is 1.81. The van der Waals surface area contributed by atoms with Gasteiger partial charge in [0.15, 0.2) is 0 Å². The highest BCUT2D eigenvalue weighted by atomic mass is 16.6. The van der Waals surface area contributed by atoms with Gasteiger partial charge in [0.1, 0.15) is 11.4 Å². The SMILES string of the molecule is CC=C(C)C(=O)Oc1cc(C)ccc1C1(CO)CO1. The Hall–Kier alpha value is -1.65. The minimum Gasteiger partial charge on any atom is -0.423 e. The average Bonchev–Trinajstić information content (AvgIpc) is 3.18. The van der Waals surface area contributed by atoms with Crippen LogP contribution >= 0.6 is 0 Å². The van der Waals surface area contributed by atoms with E-state index in [0.29, 0.717) is 17.9 Å². The monoisotopic (exact) mass is 262 g/mol. The summed E-state index contributed by atoms with van der Waals surface area (Å²) >= 11 is 0. The number of allylic oxidation sites excluding steroid dienone is 1. The van der Waals surface area contributed by atoms with Crippen molar-refractivity contribution in [2.45, 2.75) is 26.4 Å². The van der Waals surface area contributed by atoms with Gasteiger partial charge in [0.2, 0.25) is 0 Å². The lowest BCUT2D eigenvalue weighted by Crippen LogP contribution is -2.18. The Bertz CT molecular complexity index is 527. The van der Waals surface area contributed by atoms with E-state index >= 15 is 0 Å². The third kappa shape index (κ3) is 2.69. The van der Waals surface area contributed by atoms with Crippen LogP contribution in [0, 0.1) is 6.92 Å². The van der Waals surface area contributed by atoms with E-state index in [-0.39, 0.29) is 12.6 Å². The van der Waals surface area contributed by atoms with Crippen molar-refractivity contribution in [3.05, 3.63) is 41.0 Å². The zero-order valence-electron chi connectivity index (χ0n) is 11.4. The van der Waals surface area contributed by atoms with Crippen molar-refractivity contribution in [3.8, 4) is 5.75 Å². The van der Waals surface area contributed by atoms with Crippen molar-refractivity contribution in [1.82, 2.24) is 0 Å². The zero-order chi connectivity index (χ0) is 14.0. The molecule has 19 heavy (non-hydrogen) atoms. The summed E-state index contributed by atoms with van der Waals surface area (Å²) in [4.78, 5) is 11.8. The number of aryl methyl sites for hydroxylation is 1. The predicted molar refractivity (Wildman–Crippen MR) is 71.0 cm³/mol. The first-order valence-corrected chi connectivity index (χ1v) is 6.23. The first-order valence-electron chi connectivity index (χ1n) is 6.23. The highest BCUT2D eigenvalue weighted by Crippen LogP contribution is 2.43. The first-order chi connectivity index (χ1) is 9.02. The van der Waals surface area contributed by atoms with Gasteiger partial charge in [0.25, 0.3) is 0 Å². The molecule has 1 atom stereocenters. The maximum Gasteiger partial charge on any atom is 0.338 e. The Morgan fingerprint density at radius 3 is 2.79 bits per heavy atom. The number of aliphatic hydroxyl groups excluding tert-OH is 1. The lowest BCUT2D eigenvalue weighted by atomic mass is 9.98. The first kappa shape index (κ1) is 13.8. The molecule has 2 rings (SSSR count). The summed E-state index contributed by atoms with van der Waals surface area (Å²) < 4.78 is 10.7. The van der Waals surface area contributed by atoms with Crippen molar-refractivity contribution in [2.24, 2.45) is 0 Å². The highest BCUT2D eigenvalue weighted by Gasteiger charge is 2.48. The van der Waals surface area contributed by atoms with Crippen LogP contribution in [-0.4, -0.2) is 24.3 Å². The predicted octanol–water partition coefficient (Wildman–Crippen LogP) is 2.08. The number of rotatable bonds is 4. The second kappa shape index (κ2) is 5.15. The maximum atomic E-state index is 11.8. The molecule has 0 bridgehead atoms. The largest absolute Gasteiger partial charge is 0.423 e. The molecule has 4 nitrogen and oxygen atoms in total. The molecule has 0 spiro atoms. The molecule has 1 saturated heterocycles. The standard InChI is InChI=1S/C15H18O4/c1-4-11(3)14(17)19-13-7-10(2)5-6-12(13)15(8-16)9-18-15/h4-7,16H,8-9H2,1-3H3. The number of carbonyl (C=O) groups excluding carboxylic acids is 1. The summed E-state index contributed by atoms with van der Waals surface area (Å²) in [6.45, 7) is 5.73. The molecule has 1 aliphatic rings. The molecule has 1 heterocycles. The van der Waals surface area contributed by atoms with Crippen LogP contribution in [0.2, 0.25) is 0 Å². The van der Waals surface area contributed by atoms with Gasteiger partial charge in [-0.1, -0.05) is 18.2 Å². The Morgan fingerprint density at radius 1 is 1.58 bits per heavy atom. The molecular formula is C15H18O4. The van der Waals surface area contributed by atoms with E-state index in [1.807, 2.05) is 19.1 Å². The second-order valence-electron chi connectivity index (χ2n) is 4.80. The molecule has 1 aliphatic heterocycles. The zero-order valence-corrected chi connectivity index (χ0v) is 11.4. The molecule has 1 N–H and O–H groups in total. The average molecular weight is 262 g/mol. The van der Waals surface area contributed by atoms with Gasteiger partial charge >= 0.3 is 5.97 Å². The Morgan fingerprint density at radius 2 is 2.26 bits per heavy atom. The number of benzene rings is 1. The molecular weight excluding hydrogens is 244 g/mol. The smallest absolute Gasteiger partial charge is 0.338 e. The second-order valence-corrected chi connectivity index (χ2v) is 4.80. The fraction of sp³-hybridized carbons (Fsp3) is 0.400. The number of hydrogen-bond donors (Lipinski definition) is 1. The summed E-state index contributed by atoms with van der Waals surface area (Å²) in [6.07, 6.45) is 1.70. The Labute approximate surface area is 112 Å². The van der Waals surface area contributed by atoms with Crippen molar-refractivity contribution < 1.29 is 19.4 Å². The van der Waals surface area contributed by atoms with Crippen molar-refractivity contribution in [2.75, 3.05) is 13.2 Å². The van der Waals surface area contributed by atoms with E-state index < -0.39 is 5.60 Å². The van der Waals surface area contributed by atoms with Crippen LogP contribution in [0.3, 0.4) is 0 Å². The number of ether oxygens (including phenoxy) is 2. The Kier molecular flexibility index (Phi) is 3.73. The van der Waals surface area contributed by atoms with Crippen molar-refractivity contribution in [3.63, 3.8) is 0 Å². The third-order valence-corrected chi connectivity index (χ3v) is 3.33. The van der Waals surface area contributed by atoms with E-state index in [2.05, 4.69) is 0 Å². The molecule has 4 heteroatoms. The van der Waals surface area contributed by atoms with Crippen LogP contribution in [0.15, 0.2) is 29.8 Å². The van der Waals surface area contributed by atoms with Gasteiger partial charge in [-0.25, -0.2) is 4.79 Å². The van der Waals surface area contributed by atoms with Gasteiger partial charge in [-0.15, -0.1) is 0 Å². The van der Waals surface area contributed by atoms with Crippen LogP contribution in [0.5, 0.6) is 5.75 Å². The van der Waals surface area contributed by atoms with Gasteiger partial charge in [0, 0.05) is 11.1 Å².